The monoisotopic (exact) mass is 1870 g/mol. The van der Waals surface area contributed by atoms with E-state index in [2.05, 4.69) is 215 Å². The number of aliphatic hydroxyl groups excluding tert-OH is 2. The summed E-state index contributed by atoms with van der Waals surface area (Å²) in [4.78, 5) is 59.3. The SMILES string of the molecule is CC/C=C\C/C=C\C/C=C\C/C=C\C/C=C\C/C=C\CCCCCCCCCCCCCCCCC(=O)OCC(COP(=O)(O)OCC(O)COP(=O)(O)OCC(O)COC(=O)CCCCCCCCCCCCCCCCCCCCC/C=C\C/C=C\C/C=C\C/C=C\C/C=C\CC)OC(=O)CCCCCCCCCCCCC/C=C\C/C=C\C/C=C\C/C=C\C/C=C\CC. The molecule has 0 aromatic heterocycles. The van der Waals surface area contributed by atoms with Crippen LogP contribution in [0.5, 0.6) is 0 Å². The van der Waals surface area contributed by atoms with Crippen LogP contribution >= 0.6 is 15.6 Å². The maximum atomic E-state index is 13.1. The predicted octanol–water partition coefficient (Wildman–Crippen LogP) is 33.7. The van der Waals surface area contributed by atoms with Crippen molar-refractivity contribution in [3.05, 3.63) is 194 Å². The minimum Gasteiger partial charge on any atom is -0.463 e. The zero-order chi connectivity index (χ0) is 95.0. The molecule has 0 aliphatic rings. The molecule has 0 fully saturated rings. The fourth-order valence-electron chi connectivity index (χ4n) is 14.5. The highest BCUT2D eigenvalue weighted by molar-refractivity contribution is 7.47. The van der Waals surface area contributed by atoms with Crippen molar-refractivity contribution in [1.82, 2.24) is 0 Å². The van der Waals surface area contributed by atoms with Crippen LogP contribution in [0.25, 0.3) is 0 Å². The van der Waals surface area contributed by atoms with Crippen molar-refractivity contribution in [2.45, 2.75) is 463 Å². The Morgan fingerprint density at radius 2 is 0.382 bits per heavy atom. The molecule has 0 saturated heterocycles. The molecule has 0 amide bonds. The number of carbonyl (C=O) groups excluding carboxylic acids is 3. The molecule has 18 heteroatoms. The smallest absolute Gasteiger partial charge is 0.463 e. The van der Waals surface area contributed by atoms with Crippen molar-refractivity contribution in [3.63, 3.8) is 0 Å². The summed E-state index contributed by atoms with van der Waals surface area (Å²) in [6.07, 6.45) is 139. The van der Waals surface area contributed by atoms with Gasteiger partial charge >= 0.3 is 33.6 Å². The Morgan fingerprint density at radius 3 is 0.603 bits per heavy atom. The van der Waals surface area contributed by atoms with E-state index in [1.807, 2.05) is 0 Å². The zero-order valence-corrected chi connectivity index (χ0v) is 85.0. The van der Waals surface area contributed by atoms with Crippen molar-refractivity contribution >= 4 is 33.6 Å². The number of aliphatic hydroxyl groups is 2. The van der Waals surface area contributed by atoms with Gasteiger partial charge in [0.15, 0.2) is 6.10 Å². The van der Waals surface area contributed by atoms with Crippen molar-refractivity contribution in [2.75, 3.05) is 39.6 Å². The first-order chi connectivity index (χ1) is 64.2. The second kappa shape index (κ2) is 103. The summed E-state index contributed by atoms with van der Waals surface area (Å²) in [6, 6.07) is 0. The van der Waals surface area contributed by atoms with Crippen LogP contribution in [0.2, 0.25) is 0 Å². The van der Waals surface area contributed by atoms with E-state index in [1.165, 1.54) is 199 Å². The van der Waals surface area contributed by atoms with Gasteiger partial charge in [-0.2, -0.15) is 0 Å². The third-order valence-corrected chi connectivity index (χ3v) is 24.2. The van der Waals surface area contributed by atoms with E-state index < -0.39 is 91.5 Å². The Kier molecular flexibility index (Phi) is 98.9. The van der Waals surface area contributed by atoms with Crippen LogP contribution in [0.15, 0.2) is 194 Å². The van der Waals surface area contributed by atoms with E-state index in [4.69, 9.17) is 32.3 Å². The van der Waals surface area contributed by atoms with E-state index in [-0.39, 0.29) is 19.3 Å². The van der Waals surface area contributed by atoms with Gasteiger partial charge < -0.3 is 34.2 Å². The number of phosphoric acid groups is 2. The summed E-state index contributed by atoms with van der Waals surface area (Å²) in [5, 5.41) is 20.8. The highest BCUT2D eigenvalue weighted by Gasteiger charge is 2.30. The number of ether oxygens (including phenoxy) is 3. The highest BCUT2D eigenvalue weighted by Crippen LogP contribution is 2.45. The van der Waals surface area contributed by atoms with Gasteiger partial charge in [0, 0.05) is 19.3 Å². The number of esters is 3. The number of unbranched alkanes of at least 4 members (excludes halogenated alkanes) is 44. The van der Waals surface area contributed by atoms with Crippen molar-refractivity contribution < 1.29 is 75.8 Å². The number of hydrogen-bond acceptors (Lipinski definition) is 14. The molecule has 0 rings (SSSR count). The summed E-state index contributed by atoms with van der Waals surface area (Å²) >= 11 is 0. The van der Waals surface area contributed by atoms with Crippen LogP contribution in [-0.4, -0.2) is 95.9 Å². The molecule has 0 aromatic carbocycles. The quantitative estimate of drug-likeness (QED) is 0.0146. The lowest BCUT2D eigenvalue weighted by Crippen LogP contribution is -2.30. The Morgan fingerprint density at radius 1 is 0.214 bits per heavy atom. The van der Waals surface area contributed by atoms with Gasteiger partial charge in [0.1, 0.15) is 25.4 Å². The van der Waals surface area contributed by atoms with Crippen LogP contribution in [0.1, 0.15) is 445 Å². The van der Waals surface area contributed by atoms with Gasteiger partial charge in [-0.25, -0.2) is 9.13 Å². The molecule has 5 atom stereocenters. The summed E-state index contributed by atoms with van der Waals surface area (Å²) in [5.41, 5.74) is 0. The molecule has 5 unspecified atom stereocenters. The number of rotatable bonds is 99. The third kappa shape index (κ3) is 105. The molecule has 4 N–H and O–H groups in total. The molecule has 0 saturated carbocycles. The lowest BCUT2D eigenvalue weighted by molar-refractivity contribution is -0.161. The second-order valence-electron chi connectivity index (χ2n) is 34.9. The van der Waals surface area contributed by atoms with Crippen LogP contribution in [0, 0.1) is 0 Å². The van der Waals surface area contributed by atoms with Crippen LogP contribution in [0.4, 0.5) is 0 Å². The van der Waals surface area contributed by atoms with Crippen LogP contribution < -0.4 is 0 Å². The molecule has 0 aliphatic carbocycles. The van der Waals surface area contributed by atoms with Crippen molar-refractivity contribution in [3.8, 4) is 0 Å². The molecule has 0 heterocycles. The fourth-order valence-corrected chi connectivity index (χ4v) is 16.0. The van der Waals surface area contributed by atoms with Gasteiger partial charge in [-0.05, 0) is 161 Å². The Bertz CT molecular complexity index is 3160. The minimum atomic E-state index is -4.95. The maximum Gasteiger partial charge on any atom is 0.472 e. The maximum absolute atomic E-state index is 13.1. The normalized spacial score (nSPS) is 14.4. The van der Waals surface area contributed by atoms with E-state index in [1.54, 1.807) is 0 Å². The largest absolute Gasteiger partial charge is 0.472 e. The number of carbonyl (C=O) groups is 3. The van der Waals surface area contributed by atoms with Gasteiger partial charge in [-0.3, -0.25) is 32.5 Å². The summed E-state index contributed by atoms with van der Waals surface area (Å²) in [5.74, 6) is -1.56. The first-order valence-electron chi connectivity index (χ1n) is 52.7. The highest BCUT2D eigenvalue weighted by atomic mass is 31.2. The van der Waals surface area contributed by atoms with E-state index in [0.717, 1.165) is 186 Å². The first-order valence-corrected chi connectivity index (χ1v) is 55.7. The van der Waals surface area contributed by atoms with Crippen LogP contribution in [0.3, 0.4) is 0 Å². The average Bonchev–Trinajstić information content (AvgIpc) is 0.899. The van der Waals surface area contributed by atoms with Gasteiger partial charge in [-0.1, -0.05) is 459 Å². The van der Waals surface area contributed by atoms with Gasteiger partial charge in [0.2, 0.25) is 0 Å². The number of hydrogen-bond donors (Lipinski definition) is 4. The van der Waals surface area contributed by atoms with Crippen molar-refractivity contribution in [1.29, 1.82) is 0 Å². The molecular formula is C113H192O16P2. The third-order valence-electron chi connectivity index (χ3n) is 22.3. The van der Waals surface area contributed by atoms with E-state index >= 15 is 0 Å². The molecule has 16 nitrogen and oxygen atoms in total. The lowest BCUT2D eigenvalue weighted by atomic mass is 10.0. The molecule has 0 aliphatic heterocycles. The Labute approximate surface area is 801 Å². The summed E-state index contributed by atoms with van der Waals surface area (Å²) in [7, 11) is -9.82. The zero-order valence-electron chi connectivity index (χ0n) is 83.2. The lowest BCUT2D eigenvalue weighted by Gasteiger charge is -2.21. The standard InChI is InChI=1S/C113H192O16P2/c1-4-7-10-13-16-19-22-25-28-31-34-37-40-43-46-48-50-52-53-55-57-58-61-63-66-69-72-75-78-81-84-87-90-93-96-99-111(116)123-102-108(114)103-125-130(119,120)126-104-109(115)105-127-131(121,122)128-107-110(129-113(118)101-98-95-92-89-86-83-80-77-74-71-68-65-60-45-42-39-36-33-30-27-24-21-18-15-12-9-6-3)106-124-112(117)100-97-94-91-88-85-82-79-76-73-70-67-64-62-59-56-54-51-49-47-44-41-38-35-32-29-26-23-20-17-14-11-8-5-2/h7-12,16-21,25-30,34-39,43-47,51,54,60,108-110,114-115H,4-6,13-15,22-24,31-33,40-42,48-50,52-53,55-59,61-107H2,1-3H3,(H,119,120)(H,121,122)/b10-7-,11-8-,12-9-,19-16-,20-17-,21-18-,28-25-,29-26-,30-27-,37-34-,38-35-,39-36-,46-43-,47-44-,54-51-,60-45-. The molecule has 0 spiro atoms. The molecule has 0 bridgehead atoms. The summed E-state index contributed by atoms with van der Waals surface area (Å²) in [6.45, 7) is 2.41. The van der Waals surface area contributed by atoms with Gasteiger partial charge in [0.05, 0.1) is 26.4 Å². The average molecular weight is 1870 g/mol. The van der Waals surface area contributed by atoms with Gasteiger partial charge in [-0.15, -0.1) is 0 Å². The molecule has 131 heavy (non-hydrogen) atoms. The molecular weight excluding hydrogens is 1680 g/mol. The number of phosphoric ester groups is 2. The topological polar surface area (TPSA) is 231 Å². The molecule has 0 aromatic rings. The molecule has 750 valence electrons. The summed E-state index contributed by atoms with van der Waals surface area (Å²) < 4.78 is 61.8. The second-order valence-corrected chi connectivity index (χ2v) is 37.8. The van der Waals surface area contributed by atoms with Crippen LogP contribution in [-0.2, 0) is 55.8 Å². The Hall–Kier alpha value is -5.61. The fraction of sp³-hybridized carbons (Fsp3) is 0.690. The van der Waals surface area contributed by atoms with Crippen molar-refractivity contribution in [2.24, 2.45) is 0 Å². The number of allylic oxidation sites excluding steroid dienone is 32. The molecule has 0 radical (unpaired) electrons. The van der Waals surface area contributed by atoms with Gasteiger partial charge in [0.25, 0.3) is 0 Å². The minimum absolute atomic E-state index is 0.0965. The Balaban J connectivity index is 4.59. The van der Waals surface area contributed by atoms with E-state index in [0.29, 0.717) is 19.3 Å². The van der Waals surface area contributed by atoms with E-state index in [9.17, 15) is 43.5 Å². The predicted molar refractivity (Wildman–Crippen MR) is 555 cm³/mol. The first kappa shape index (κ1) is 125.